The molecule has 0 aliphatic carbocycles. The zero-order chi connectivity index (χ0) is 15.0. The molecule has 0 bridgehead atoms. The second-order valence-corrected chi connectivity index (χ2v) is 3.74. The van der Waals surface area contributed by atoms with Gasteiger partial charge in [-0.2, -0.15) is 0 Å². The lowest BCUT2D eigenvalue weighted by Crippen LogP contribution is -1.92. The molecule has 1 nitrogen and oxygen atoms in total. The quantitative estimate of drug-likeness (QED) is 0.710. The van der Waals surface area contributed by atoms with Crippen molar-refractivity contribution in [3.8, 4) is 5.75 Å². The highest BCUT2D eigenvalue weighted by molar-refractivity contribution is 5.90. The second kappa shape index (κ2) is 8.52. The Bertz CT molecular complexity index is 518. The van der Waals surface area contributed by atoms with Crippen molar-refractivity contribution >= 4 is 10.8 Å². The first-order valence-electron chi connectivity index (χ1n) is 7.04. The van der Waals surface area contributed by atoms with Crippen LogP contribution in [0.3, 0.4) is 0 Å². The van der Waals surface area contributed by atoms with E-state index in [0.29, 0.717) is 6.42 Å². The number of hydrogen-bond acceptors (Lipinski definition) is 1. The third-order valence-electron chi connectivity index (χ3n) is 2.70. The summed E-state index contributed by atoms with van der Waals surface area (Å²) < 4.78 is 13.5. The highest BCUT2D eigenvalue weighted by Crippen LogP contribution is 2.29. The summed E-state index contributed by atoms with van der Waals surface area (Å²) in [6.45, 7) is 11.8. The SMILES string of the molecule is CC.CC.CCc1c(F)ccc2cc(O)cc(C)c12. The lowest BCUT2D eigenvalue weighted by atomic mass is 9.97. The minimum absolute atomic E-state index is 0.168. The van der Waals surface area contributed by atoms with Gasteiger partial charge < -0.3 is 5.11 Å². The van der Waals surface area contributed by atoms with Gasteiger partial charge in [0.15, 0.2) is 0 Å². The van der Waals surface area contributed by atoms with Gasteiger partial charge in [-0.05, 0) is 53.4 Å². The molecular formula is C17H25FO. The monoisotopic (exact) mass is 264 g/mol. The van der Waals surface area contributed by atoms with E-state index in [0.717, 1.165) is 21.9 Å². The number of hydrogen-bond donors (Lipinski definition) is 1. The number of phenols is 1. The van der Waals surface area contributed by atoms with Crippen molar-refractivity contribution in [1.29, 1.82) is 0 Å². The van der Waals surface area contributed by atoms with Gasteiger partial charge in [-0.3, -0.25) is 0 Å². The molecule has 2 rings (SSSR count). The molecule has 2 aromatic carbocycles. The summed E-state index contributed by atoms with van der Waals surface area (Å²) in [7, 11) is 0. The Balaban J connectivity index is 0.000000741. The molecule has 0 aliphatic heterocycles. The minimum atomic E-state index is -0.168. The van der Waals surface area contributed by atoms with E-state index in [1.807, 2.05) is 41.5 Å². The van der Waals surface area contributed by atoms with E-state index in [9.17, 15) is 9.50 Å². The molecule has 0 unspecified atom stereocenters. The number of aromatic hydroxyl groups is 1. The average Bonchev–Trinajstić information content (AvgIpc) is 2.43. The Morgan fingerprint density at radius 1 is 1.05 bits per heavy atom. The van der Waals surface area contributed by atoms with Gasteiger partial charge in [0.2, 0.25) is 0 Å². The molecule has 2 aromatic rings. The van der Waals surface area contributed by atoms with Gasteiger partial charge in [-0.15, -0.1) is 0 Å². The number of aryl methyl sites for hydroxylation is 2. The molecule has 0 aromatic heterocycles. The molecule has 0 saturated carbocycles. The summed E-state index contributed by atoms with van der Waals surface area (Å²) in [6.07, 6.45) is 0.661. The molecule has 1 N–H and O–H groups in total. The van der Waals surface area contributed by atoms with Crippen LogP contribution < -0.4 is 0 Å². The third kappa shape index (κ3) is 3.95. The number of halogens is 1. The molecule has 0 radical (unpaired) electrons. The highest BCUT2D eigenvalue weighted by atomic mass is 19.1. The van der Waals surface area contributed by atoms with Crippen LogP contribution in [-0.4, -0.2) is 5.11 Å². The van der Waals surface area contributed by atoms with Gasteiger partial charge in [0.05, 0.1) is 0 Å². The van der Waals surface area contributed by atoms with E-state index in [4.69, 9.17) is 0 Å². The normalized spacial score (nSPS) is 9.21. The summed E-state index contributed by atoms with van der Waals surface area (Å²) in [5.41, 5.74) is 1.64. The standard InChI is InChI=1S/C13H13FO.2C2H6/c1-3-11-12(14)5-4-9-7-10(15)6-8(2)13(9)11;2*1-2/h4-7,15H,3H2,1-2H3;2*1-2H3. The Morgan fingerprint density at radius 2 is 1.63 bits per heavy atom. The summed E-state index contributed by atoms with van der Waals surface area (Å²) in [4.78, 5) is 0. The van der Waals surface area contributed by atoms with Gasteiger partial charge >= 0.3 is 0 Å². The topological polar surface area (TPSA) is 20.2 Å². The van der Waals surface area contributed by atoms with Crippen molar-refractivity contribution in [2.75, 3.05) is 0 Å². The molecule has 0 heterocycles. The van der Waals surface area contributed by atoms with Crippen LogP contribution >= 0.6 is 0 Å². The molecule has 0 spiro atoms. The second-order valence-electron chi connectivity index (χ2n) is 3.74. The van der Waals surface area contributed by atoms with E-state index in [1.165, 1.54) is 6.07 Å². The van der Waals surface area contributed by atoms with Crippen molar-refractivity contribution in [2.24, 2.45) is 0 Å². The van der Waals surface area contributed by atoms with E-state index in [1.54, 1.807) is 18.2 Å². The lowest BCUT2D eigenvalue weighted by molar-refractivity contribution is 0.475. The molecule has 0 aliphatic rings. The van der Waals surface area contributed by atoms with Crippen LogP contribution in [0.2, 0.25) is 0 Å². The lowest BCUT2D eigenvalue weighted by Gasteiger charge is -2.09. The van der Waals surface area contributed by atoms with Crippen LogP contribution in [0.5, 0.6) is 5.75 Å². The van der Waals surface area contributed by atoms with Crippen molar-refractivity contribution in [3.63, 3.8) is 0 Å². The van der Waals surface area contributed by atoms with E-state index in [2.05, 4.69) is 0 Å². The maximum absolute atomic E-state index is 13.5. The van der Waals surface area contributed by atoms with Crippen molar-refractivity contribution in [1.82, 2.24) is 0 Å². The zero-order valence-corrected chi connectivity index (χ0v) is 12.8. The summed E-state index contributed by atoms with van der Waals surface area (Å²) >= 11 is 0. The number of fused-ring (bicyclic) bond motifs is 1. The summed E-state index contributed by atoms with van der Waals surface area (Å²) in [5, 5.41) is 11.3. The van der Waals surface area contributed by atoms with Crippen molar-refractivity contribution < 1.29 is 9.50 Å². The van der Waals surface area contributed by atoms with Crippen molar-refractivity contribution in [3.05, 3.63) is 41.2 Å². The molecular weight excluding hydrogens is 239 g/mol. The fourth-order valence-corrected chi connectivity index (χ4v) is 2.07. The van der Waals surface area contributed by atoms with Gasteiger partial charge in [-0.25, -0.2) is 4.39 Å². The van der Waals surface area contributed by atoms with Gasteiger partial charge in [0, 0.05) is 0 Å². The number of benzene rings is 2. The first-order valence-corrected chi connectivity index (χ1v) is 7.04. The molecule has 0 saturated heterocycles. The third-order valence-corrected chi connectivity index (χ3v) is 2.70. The fourth-order valence-electron chi connectivity index (χ4n) is 2.07. The predicted molar refractivity (Wildman–Crippen MR) is 82.4 cm³/mol. The van der Waals surface area contributed by atoms with Crippen LogP contribution in [-0.2, 0) is 6.42 Å². The minimum Gasteiger partial charge on any atom is -0.508 e. The maximum atomic E-state index is 13.5. The predicted octanol–water partition coefficient (Wildman–Crippen LogP) is 5.61. The molecule has 0 atom stereocenters. The van der Waals surface area contributed by atoms with Crippen LogP contribution in [0, 0.1) is 12.7 Å². The largest absolute Gasteiger partial charge is 0.508 e. The van der Waals surface area contributed by atoms with Crippen LogP contribution in [0.25, 0.3) is 10.8 Å². The molecule has 106 valence electrons. The van der Waals surface area contributed by atoms with Crippen LogP contribution in [0.15, 0.2) is 24.3 Å². The van der Waals surface area contributed by atoms with Gasteiger partial charge in [0.25, 0.3) is 0 Å². The Labute approximate surface area is 116 Å². The fraction of sp³-hybridized carbons (Fsp3) is 0.412. The molecule has 0 fully saturated rings. The van der Waals surface area contributed by atoms with E-state index in [-0.39, 0.29) is 11.6 Å². The van der Waals surface area contributed by atoms with Gasteiger partial charge in [-0.1, -0.05) is 40.7 Å². The summed E-state index contributed by atoms with van der Waals surface area (Å²) in [6, 6.07) is 6.50. The van der Waals surface area contributed by atoms with Crippen molar-refractivity contribution in [2.45, 2.75) is 48.0 Å². The highest BCUT2D eigenvalue weighted by Gasteiger charge is 2.08. The first kappa shape index (κ1) is 17.4. The van der Waals surface area contributed by atoms with Gasteiger partial charge in [0.1, 0.15) is 11.6 Å². The Morgan fingerprint density at radius 3 is 2.16 bits per heavy atom. The Kier molecular flexibility index (Phi) is 7.81. The zero-order valence-electron chi connectivity index (χ0n) is 12.8. The van der Waals surface area contributed by atoms with E-state index >= 15 is 0 Å². The molecule has 19 heavy (non-hydrogen) atoms. The number of phenolic OH excluding ortho intramolecular Hbond substituents is 1. The summed E-state index contributed by atoms with van der Waals surface area (Å²) in [5.74, 6) is 0.0625. The Hall–Kier alpha value is -1.57. The number of rotatable bonds is 1. The van der Waals surface area contributed by atoms with Crippen LogP contribution in [0.1, 0.15) is 45.7 Å². The van der Waals surface area contributed by atoms with Crippen LogP contribution in [0.4, 0.5) is 4.39 Å². The molecule has 2 heteroatoms. The maximum Gasteiger partial charge on any atom is 0.127 e. The smallest absolute Gasteiger partial charge is 0.127 e. The first-order chi connectivity index (χ1) is 9.13. The van der Waals surface area contributed by atoms with E-state index < -0.39 is 0 Å². The molecule has 0 amide bonds. The average molecular weight is 264 g/mol.